The number of phosphoric ester groups is 1. The van der Waals surface area contributed by atoms with Crippen LogP contribution in [0.25, 0.3) is 11.4 Å². The van der Waals surface area contributed by atoms with Gasteiger partial charge in [0.1, 0.15) is 5.49 Å². The van der Waals surface area contributed by atoms with E-state index in [2.05, 4.69) is 31.0 Å². The molecule has 2 aromatic heterocycles. The number of nitrogens with zero attached hydrogens (tertiary/aromatic N) is 6. The van der Waals surface area contributed by atoms with Crippen LogP contribution in [0.5, 0.6) is 5.75 Å². The number of benzene rings is 4. The quantitative estimate of drug-likeness (QED) is 0.0703. The molecule has 0 unspecified atom stereocenters. The number of anilines is 2. The van der Waals surface area contributed by atoms with E-state index in [1.54, 1.807) is 37.4 Å². The number of carbonyl (C=O) groups excluding carboxylic acids is 3. The van der Waals surface area contributed by atoms with E-state index in [4.69, 9.17) is 23.0 Å². The molecule has 2 heterocycles. The van der Waals surface area contributed by atoms with Gasteiger partial charge >= 0.3 is 13.8 Å². The van der Waals surface area contributed by atoms with Crippen LogP contribution in [0.1, 0.15) is 50.2 Å². The summed E-state index contributed by atoms with van der Waals surface area (Å²) in [5, 5.41) is 18.2. The molecular formula is C43H43N8O9P. The van der Waals surface area contributed by atoms with E-state index in [1.165, 1.54) is 47.9 Å². The third-order valence-corrected chi connectivity index (χ3v) is 10.7. The standard InChI is InChI=1S/C43H43N8O9P/c1-44-42(53)35-24-51(38(46-41(52)32-21-22-32)23-37(35)45-36-16-10-15-34(39(36)56-3)40-47-49-50(2)48-40)28-57-43(54)33-19-17-31(18-20-33)27-60-61(55,58-25-29-11-6-4-7-12-29)59-26-30-13-8-5-9-14-30/h4-20,23-24,32,45H,21-22,25-28H2,1-3H3,(H,44,53). The van der Waals surface area contributed by atoms with Crippen molar-refractivity contribution in [1.29, 1.82) is 0 Å². The van der Waals surface area contributed by atoms with Crippen LogP contribution >= 0.6 is 7.82 Å². The van der Waals surface area contributed by atoms with Crippen LogP contribution in [0.3, 0.4) is 0 Å². The van der Waals surface area contributed by atoms with Gasteiger partial charge in [-0.2, -0.15) is 9.79 Å². The number of nitrogens with one attached hydrogen (secondary N) is 2. The molecule has 314 valence electrons. The highest BCUT2D eigenvalue weighted by Gasteiger charge is 2.30. The summed E-state index contributed by atoms with van der Waals surface area (Å²) in [4.78, 5) is 45.4. The zero-order valence-corrected chi connectivity index (χ0v) is 34.5. The first kappa shape index (κ1) is 42.3. The molecule has 2 N–H and O–H groups in total. The van der Waals surface area contributed by atoms with Gasteiger partial charge in [0.05, 0.1) is 62.0 Å². The second kappa shape index (κ2) is 19.5. The highest BCUT2D eigenvalue weighted by molar-refractivity contribution is 7.48. The van der Waals surface area contributed by atoms with Crippen LogP contribution in [0, 0.1) is 5.92 Å². The van der Waals surface area contributed by atoms with Crippen molar-refractivity contribution in [3.8, 4) is 17.1 Å². The van der Waals surface area contributed by atoms with Crippen molar-refractivity contribution >= 4 is 37.0 Å². The first-order chi connectivity index (χ1) is 29.6. The summed E-state index contributed by atoms with van der Waals surface area (Å²) in [5.41, 5.74) is 4.00. The molecule has 17 nitrogen and oxygen atoms in total. The molecule has 1 fully saturated rings. The molecule has 61 heavy (non-hydrogen) atoms. The minimum atomic E-state index is -4.04. The monoisotopic (exact) mass is 846 g/mol. The van der Waals surface area contributed by atoms with Crippen LogP contribution in [-0.2, 0) is 61.3 Å². The number of aryl methyl sites for hydroxylation is 1. The predicted octanol–water partition coefficient (Wildman–Crippen LogP) is 6.50. The lowest BCUT2D eigenvalue weighted by Crippen LogP contribution is -2.29. The lowest BCUT2D eigenvalue weighted by molar-refractivity contribution is -0.119. The number of esters is 1. The second-order valence-corrected chi connectivity index (χ2v) is 15.5. The molecule has 0 atom stereocenters. The Kier molecular flexibility index (Phi) is 13.6. The molecular weight excluding hydrogens is 803 g/mol. The minimum Gasteiger partial charge on any atom is -0.494 e. The van der Waals surface area contributed by atoms with Crippen molar-refractivity contribution < 1.29 is 42.0 Å². The number of aromatic nitrogens is 5. The highest BCUT2D eigenvalue weighted by Crippen LogP contribution is 2.51. The number of pyridine rings is 1. The van der Waals surface area contributed by atoms with Crippen LogP contribution in [0.2, 0.25) is 0 Å². The zero-order chi connectivity index (χ0) is 42.8. The number of ether oxygens (including phenoxy) is 2. The van der Waals surface area contributed by atoms with E-state index < -0.39 is 19.7 Å². The van der Waals surface area contributed by atoms with Crippen LogP contribution < -0.4 is 20.9 Å². The van der Waals surface area contributed by atoms with Gasteiger partial charge in [-0.25, -0.2) is 9.36 Å². The van der Waals surface area contributed by atoms with Gasteiger partial charge in [0, 0.05) is 25.2 Å². The number of tetrazole rings is 1. The Hall–Kier alpha value is -6.78. The van der Waals surface area contributed by atoms with Crippen molar-refractivity contribution in [2.24, 2.45) is 18.0 Å². The summed E-state index contributed by atoms with van der Waals surface area (Å²) in [5.74, 6) is -0.974. The Morgan fingerprint density at radius 2 is 1.44 bits per heavy atom. The third-order valence-electron chi connectivity index (χ3n) is 9.38. The van der Waals surface area contributed by atoms with Gasteiger partial charge in [-0.3, -0.25) is 27.7 Å². The Balaban J connectivity index is 1.07. The normalized spacial score (nSPS) is 12.8. The van der Waals surface area contributed by atoms with Crippen LogP contribution in [0.4, 0.5) is 11.4 Å². The summed E-state index contributed by atoms with van der Waals surface area (Å²) in [6.45, 7) is -0.506. The second-order valence-electron chi connectivity index (χ2n) is 13.8. The van der Waals surface area contributed by atoms with Gasteiger partial charge < -0.3 is 20.1 Å². The highest BCUT2D eigenvalue weighted by atomic mass is 31.2. The van der Waals surface area contributed by atoms with Gasteiger partial charge in [0.15, 0.2) is 12.5 Å². The molecule has 6 aromatic rings. The first-order valence-electron chi connectivity index (χ1n) is 19.2. The van der Waals surface area contributed by atoms with Crippen molar-refractivity contribution in [3.63, 3.8) is 0 Å². The molecule has 4 aromatic carbocycles. The summed E-state index contributed by atoms with van der Waals surface area (Å²) < 4.78 is 43.8. The molecule has 7 rings (SSSR count). The Labute approximate surface area is 350 Å². The van der Waals surface area contributed by atoms with Gasteiger partial charge in [0.2, 0.25) is 5.82 Å². The summed E-state index contributed by atoms with van der Waals surface area (Å²) in [6.07, 6.45) is 2.89. The van der Waals surface area contributed by atoms with Gasteiger partial charge in [0.25, 0.3) is 11.8 Å². The number of para-hydroxylation sites is 1. The van der Waals surface area contributed by atoms with Crippen LogP contribution in [0.15, 0.2) is 120 Å². The number of methoxy groups -OCH3 is 1. The van der Waals surface area contributed by atoms with Crippen molar-refractivity contribution in [2.75, 3.05) is 19.5 Å². The Morgan fingerprint density at radius 1 is 0.820 bits per heavy atom. The SMILES string of the molecule is CNC(=O)c1cn(COC(=O)c2ccc(COP(=O)(OCc3ccccc3)OCc3ccccc3)cc2)c(=NC(=O)C2CC2)cc1Nc1cccc(-c2nnn(C)n2)c1OC. The average Bonchev–Trinajstić information content (AvgIpc) is 4.06. The van der Waals surface area contributed by atoms with E-state index in [-0.39, 0.29) is 55.0 Å². The molecule has 0 radical (unpaired) electrons. The molecule has 2 amide bonds. The molecule has 1 saturated carbocycles. The maximum Gasteiger partial charge on any atom is 0.475 e. The number of rotatable bonds is 18. The van der Waals surface area contributed by atoms with Crippen LogP contribution in [-0.4, -0.2) is 56.7 Å². The summed E-state index contributed by atoms with van der Waals surface area (Å²) >= 11 is 0. The Bertz CT molecular complexity index is 2570. The molecule has 0 aliphatic heterocycles. The van der Waals surface area contributed by atoms with Gasteiger partial charge in [-0.15, -0.1) is 10.2 Å². The van der Waals surface area contributed by atoms with E-state index in [1.807, 2.05) is 60.7 Å². The van der Waals surface area contributed by atoms with Gasteiger partial charge in [-0.1, -0.05) is 78.9 Å². The molecule has 0 bridgehead atoms. The fourth-order valence-corrected chi connectivity index (χ4v) is 7.12. The zero-order valence-electron chi connectivity index (χ0n) is 33.6. The van der Waals surface area contributed by atoms with Crippen molar-refractivity contribution in [2.45, 2.75) is 39.4 Å². The number of carbonyl (C=O) groups is 3. The van der Waals surface area contributed by atoms with Crippen molar-refractivity contribution in [1.82, 2.24) is 30.1 Å². The fraction of sp³-hybridized carbons (Fsp3) is 0.233. The Morgan fingerprint density at radius 3 is 2.00 bits per heavy atom. The number of hydrogen-bond donors (Lipinski definition) is 2. The third kappa shape index (κ3) is 11.1. The number of hydrogen-bond acceptors (Lipinski definition) is 13. The smallest absolute Gasteiger partial charge is 0.475 e. The topological polar surface area (TPSA) is 199 Å². The molecule has 1 aliphatic carbocycles. The maximum absolute atomic E-state index is 13.7. The average molecular weight is 847 g/mol. The fourth-order valence-electron chi connectivity index (χ4n) is 5.97. The maximum atomic E-state index is 13.7. The van der Waals surface area contributed by atoms with E-state index >= 15 is 0 Å². The van der Waals surface area contributed by atoms with E-state index in [0.717, 1.165) is 24.0 Å². The summed E-state index contributed by atoms with van der Waals surface area (Å²) in [7, 11) is 0.583. The van der Waals surface area contributed by atoms with Gasteiger partial charge in [-0.05, 0) is 59.0 Å². The largest absolute Gasteiger partial charge is 0.494 e. The number of amides is 2. The number of phosphoric acid groups is 1. The summed E-state index contributed by atoms with van der Waals surface area (Å²) in [6, 6.07) is 31.7. The van der Waals surface area contributed by atoms with E-state index in [0.29, 0.717) is 34.1 Å². The predicted molar refractivity (Wildman–Crippen MR) is 222 cm³/mol. The molecule has 18 heteroatoms. The van der Waals surface area contributed by atoms with E-state index in [9.17, 15) is 18.9 Å². The lowest BCUT2D eigenvalue weighted by Gasteiger charge is -2.18. The van der Waals surface area contributed by atoms with Crippen molar-refractivity contribution in [3.05, 3.63) is 149 Å². The molecule has 1 aliphatic rings. The molecule has 0 spiro atoms. The lowest BCUT2D eigenvalue weighted by atomic mass is 10.1. The first-order valence-corrected chi connectivity index (χ1v) is 20.7. The molecule has 0 saturated heterocycles. The minimum absolute atomic E-state index is 0.00851.